The van der Waals surface area contributed by atoms with Crippen LogP contribution in [-0.4, -0.2) is 0 Å². The van der Waals surface area contributed by atoms with E-state index in [1.807, 2.05) is 0 Å². The number of hydrogen-bond donors (Lipinski definition) is 0. The van der Waals surface area contributed by atoms with Crippen molar-refractivity contribution < 1.29 is 0 Å². The Kier molecular flexibility index (Phi) is 10.2. The summed E-state index contributed by atoms with van der Waals surface area (Å²) in [5.41, 5.74) is 12.8. The fourth-order valence-electron chi connectivity index (χ4n) is 8.51. The van der Waals surface area contributed by atoms with Gasteiger partial charge in [0.2, 0.25) is 0 Å². The van der Waals surface area contributed by atoms with Gasteiger partial charge < -0.3 is 9.80 Å². The lowest BCUT2D eigenvalue weighted by Gasteiger charge is -2.30. The van der Waals surface area contributed by atoms with Crippen molar-refractivity contribution in [2.24, 2.45) is 0 Å². The number of hydrogen-bond acceptors (Lipinski definition) is 2. The summed E-state index contributed by atoms with van der Waals surface area (Å²) in [6, 6.07) is 76.0. The Morgan fingerprint density at radius 1 is 0.410 bits per heavy atom. The van der Waals surface area contributed by atoms with E-state index < -0.39 is 0 Å². The molecule has 9 aromatic carbocycles. The zero-order valence-corrected chi connectivity index (χ0v) is 33.9. The first-order valence-electron chi connectivity index (χ1n) is 20.9. The van der Waals surface area contributed by atoms with Gasteiger partial charge in [-0.2, -0.15) is 0 Å². The maximum atomic E-state index is 4.49. The molecule has 61 heavy (non-hydrogen) atoms. The highest BCUT2D eigenvalue weighted by Crippen LogP contribution is 2.41. The van der Waals surface area contributed by atoms with Crippen LogP contribution >= 0.6 is 0 Å². The number of benzene rings is 9. The van der Waals surface area contributed by atoms with Crippen LogP contribution < -0.4 is 20.2 Å². The number of nitrogens with zero attached hydrogens (tertiary/aromatic N) is 2. The summed E-state index contributed by atoms with van der Waals surface area (Å²) in [4.78, 5) is 4.79. The summed E-state index contributed by atoms with van der Waals surface area (Å²) in [6.45, 7) is 4.49. The third kappa shape index (κ3) is 7.71. The van der Waals surface area contributed by atoms with Gasteiger partial charge in [0, 0.05) is 40.0 Å². The molecule has 9 aromatic rings. The fourth-order valence-corrected chi connectivity index (χ4v) is 8.51. The zero-order valence-electron chi connectivity index (χ0n) is 33.9. The van der Waals surface area contributed by atoms with Crippen molar-refractivity contribution in [1.82, 2.24) is 0 Å². The minimum absolute atomic E-state index is 0.763. The van der Waals surface area contributed by atoms with E-state index in [9.17, 15) is 0 Å². The number of rotatable bonds is 9. The van der Waals surface area contributed by atoms with Crippen LogP contribution in [0.5, 0.6) is 0 Å². The Morgan fingerprint density at radius 2 is 0.885 bits per heavy atom. The number of anilines is 5. The normalized spacial score (nSPS) is 13.4. The van der Waals surface area contributed by atoms with Crippen LogP contribution in [0.1, 0.15) is 6.42 Å². The summed E-state index contributed by atoms with van der Waals surface area (Å²) in [5, 5.41) is 6.88. The van der Waals surface area contributed by atoms with Crippen LogP contribution in [0.15, 0.2) is 248 Å². The van der Waals surface area contributed by atoms with E-state index in [4.69, 9.17) is 0 Å². The highest BCUT2D eigenvalue weighted by atomic mass is 15.2. The first-order valence-corrected chi connectivity index (χ1v) is 20.9. The molecule has 2 heteroatoms. The maximum Gasteiger partial charge on any atom is 0.0540 e. The van der Waals surface area contributed by atoms with Gasteiger partial charge in [0.15, 0.2) is 0 Å². The minimum atomic E-state index is 0.763. The van der Waals surface area contributed by atoms with Crippen molar-refractivity contribution in [3.63, 3.8) is 0 Å². The molecule has 290 valence electrons. The summed E-state index contributed by atoms with van der Waals surface area (Å²) < 4.78 is 0. The summed E-state index contributed by atoms with van der Waals surface area (Å²) in [6.07, 6.45) is 11.9. The fraction of sp³-hybridized carbons (Fsp3) is 0.0169. The van der Waals surface area contributed by atoms with E-state index in [1.165, 1.54) is 55.1 Å². The lowest BCUT2D eigenvalue weighted by molar-refractivity contribution is 1.04. The molecule has 0 unspecified atom stereocenters. The van der Waals surface area contributed by atoms with Gasteiger partial charge >= 0.3 is 0 Å². The molecule has 0 radical (unpaired) electrons. The van der Waals surface area contributed by atoms with Gasteiger partial charge in [0.1, 0.15) is 0 Å². The predicted octanol–water partition coefficient (Wildman–Crippen LogP) is 14.6. The molecule has 0 spiro atoms. The number of fused-ring (bicyclic) bond motifs is 2. The molecule has 1 aliphatic carbocycles. The van der Waals surface area contributed by atoms with Gasteiger partial charge in [-0.25, -0.2) is 0 Å². The molecule has 0 heterocycles. The summed E-state index contributed by atoms with van der Waals surface area (Å²) >= 11 is 0. The Labute approximate surface area is 357 Å². The second-order valence-corrected chi connectivity index (χ2v) is 15.5. The largest absolute Gasteiger partial charge is 0.313 e. The topological polar surface area (TPSA) is 6.48 Å². The molecular formula is C59H44N2. The maximum absolute atomic E-state index is 4.49. The van der Waals surface area contributed by atoms with Crippen LogP contribution in [-0.2, 0) is 0 Å². The molecule has 0 aromatic heterocycles. The van der Waals surface area contributed by atoms with Crippen LogP contribution in [0.4, 0.5) is 28.4 Å². The van der Waals surface area contributed by atoms with E-state index in [2.05, 4.69) is 259 Å². The molecule has 0 aliphatic heterocycles. The summed E-state index contributed by atoms with van der Waals surface area (Å²) in [7, 11) is 0. The van der Waals surface area contributed by atoms with E-state index in [1.54, 1.807) is 0 Å². The first kappa shape index (κ1) is 37.3. The van der Waals surface area contributed by atoms with Crippen molar-refractivity contribution in [3.8, 4) is 22.3 Å². The van der Waals surface area contributed by atoms with Crippen LogP contribution in [0.3, 0.4) is 0 Å². The Hall–Kier alpha value is -7.94. The van der Waals surface area contributed by atoms with Crippen LogP contribution in [0.25, 0.3) is 56.5 Å². The monoisotopic (exact) mass is 780 g/mol. The SMILES string of the molecule is C=c1ccc(N(c2ccc(-c3ccccc3)cc2)c2cccc3ccccc23)c/c1=C/C=C1\C=CC=C(N(c2ccc(-c3ccccc3)cc2)c2cccc3ccccc23)C1. The zero-order chi connectivity index (χ0) is 41.0. The Morgan fingerprint density at radius 3 is 1.48 bits per heavy atom. The highest BCUT2D eigenvalue weighted by Gasteiger charge is 2.20. The average molecular weight is 781 g/mol. The summed E-state index contributed by atoms with van der Waals surface area (Å²) in [5.74, 6) is 0. The third-order valence-electron chi connectivity index (χ3n) is 11.6. The van der Waals surface area contributed by atoms with Gasteiger partial charge in [-0.3, -0.25) is 0 Å². The Bertz CT molecular complexity index is 3200. The van der Waals surface area contributed by atoms with E-state index in [-0.39, 0.29) is 0 Å². The van der Waals surface area contributed by atoms with E-state index >= 15 is 0 Å². The van der Waals surface area contributed by atoms with Gasteiger partial charge in [-0.15, -0.1) is 0 Å². The second kappa shape index (κ2) is 16.7. The lowest BCUT2D eigenvalue weighted by atomic mass is 9.99. The van der Waals surface area contributed by atoms with Crippen molar-refractivity contribution in [2.45, 2.75) is 6.42 Å². The molecule has 2 nitrogen and oxygen atoms in total. The molecule has 0 amide bonds. The molecule has 1 aliphatic rings. The highest BCUT2D eigenvalue weighted by molar-refractivity contribution is 5.99. The smallest absolute Gasteiger partial charge is 0.0540 e. The minimum Gasteiger partial charge on any atom is -0.313 e. The third-order valence-corrected chi connectivity index (χ3v) is 11.6. The first-order chi connectivity index (χ1) is 30.2. The van der Waals surface area contributed by atoms with Crippen molar-refractivity contribution in [2.75, 3.05) is 9.80 Å². The predicted molar refractivity (Wildman–Crippen MR) is 261 cm³/mol. The number of allylic oxidation sites excluding steroid dienone is 5. The van der Waals surface area contributed by atoms with Crippen molar-refractivity contribution >= 4 is 62.6 Å². The Balaban J connectivity index is 1.02. The molecule has 0 atom stereocenters. The van der Waals surface area contributed by atoms with E-state index in [0.29, 0.717) is 0 Å². The molecule has 10 rings (SSSR count). The molecule has 0 saturated heterocycles. The van der Waals surface area contributed by atoms with Gasteiger partial charge in [-0.1, -0.05) is 195 Å². The van der Waals surface area contributed by atoms with Gasteiger partial charge in [0.25, 0.3) is 0 Å². The second-order valence-electron chi connectivity index (χ2n) is 15.5. The van der Waals surface area contributed by atoms with E-state index in [0.717, 1.165) is 45.3 Å². The van der Waals surface area contributed by atoms with Gasteiger partial charge in [-0.05, 0) is 104 Å². The van der Waals surface area contributed by atoms with Crippen LogP contribution in [0, 0.1) is 0 Å². The lowest BCUT2D eigenvalue weighted by Crippen LogP contribution is -2.24. The van der Waals surface area contributed by atoms with Crippen molar-refractivity contribution in [3.05, 3.63) is 258 Å². The molecule has 0 fully saturated rings. The molecule has 0 bridgehead atoms. The molecule has 0 saturated carbocycles. The quantitative estimate of drug-likeness (QED) is 0.144. The van der Waals surface area contributed by atoms with Gasteiger partial charge in [0.05, 0.1) is 11.4 Å². The molecule has 0 N–H and O–H groups in total. The molecular weight excluding hydrogens is 737 g/mol. The van der Waals surface area contributed by atoms with Crippen LogP contribution in [0.2, 0.25) is 0 Å². The van der Waals surface area contributed by atoms with Crippen molar-refractivity contribution in [1.29, 1.82) is 0 Å². The average Bonchev–Trinajstić information content (AvgIpc) is 3.33. The standard InChI is InChI=1S/C59H44N2/c1-43-29-36-55(61(59-28-14-23-50-21-9-11-26-57(50)59)53-39-34-48(35-40-53)46-18-6-3-7-19-46)42-51(43)31-30-44-15-12-24-54(41-44)60(58-27-13-22-49-20-8-10-25-56(49)58)52-37-32-47(33-38-52)45-16-4-2-5-17-45/h2-40,42H,1,41H2/b44-30+,51-31-.